The van der Waals surface area contributed by atoms with Crippen LogP contribution in [-0.4, -0.2) is 5.97 Å². The zero-order chi connectivity index (χ0) is 15.9. The van der Waals surface area contributed by atoms with E-state index in [4.69, 9.17) is 33.7 Å². The lowest BCUT2D eigenvalue weighted by Gasteiger charge is -2.06. The van der Waals surface area contributed by atoms with E-state index in [1.54, 1.807) is 18.2 Å². The van der Waals surface area contributed by atoms with Gasteiger partial charge in [-0.15, -0.1) is 0 Å². The summed E-state index contributed by atoms with van der Waals surface area (Å²) in [4.78, 5) is 11.7. The molecule has 0 aliphatic heterocycles. The second-order valence-corrected chi connectivity index (χ2v) is 5.60. The summed E-state index contributed by atoms with van der Waals surface area (Å²) >= 11 is 11.9. The van der Waals surface area contributed by atoms with E-state index in [1.807, 2.05) is 30.3 Å². The summed E-state index contributed by atoms with van der Waals surface area (Å²) in [7, 11) is 0. The van der Waals surface area contributed by atoms with Gasteiger partial charge >= 0.3 is 5.97 Å². The molecular formula is C17H15Cl2NO2. The maximum Gasteiger partial charge on any atom is 0.315 e. The molecule has 0 radical (unpaired) electrons. The smallest absolute Gasteiger partial charge is 0.315 e. The molecule has 2 aromatic carbocycles. The minimum absolute atomic E-state index is 0.201. The summed E-state index contributed by atoms with van der Waals surface area (Å²) in [6.45, 7) is 0. The van der Waals surface area contributed by atoms with E-state index in [0.29, 0.717) is 22.2 Å². The van der Waals surface area contributed by atoms with E-state index in [0.717, 1.165) is 11.1 Å². The lowest BCUT2D eigenvalue weighted by atomic mass is 10.1. The molecule has 0 bridgehead atoms. The largest absolute Gasteiger partial charge is 0.432 e. The number of hydrogen-bond donors (Lipinski definition) is 1. The molecule has 0 amide bonds. The standard InChI is InChI=1S/C17H15Cl2NO2/c18-14-7-6-13(16(19)10-14)9-15(20)11-22-17(21)8-12-4-2-1-3-5-12/h1-7,10-11H,8-9,20H2/b15-11-. The Morgan fingerprint density at radius 1 is 1.09 bits per heavy atom. The average molecular weight is 336 g/mol. The van der Waals surface area contributed by atoms with E-state index in [2.05, 4.69) is 0 Å². The molecule has 3 nitrogen and oxygen atoms in total. The van der Waals surface area contributed by atoms with Crippen molar-refractivity contribution in [2.24, 2.45) is 5.73 Å². The van der Waals surface area contributed by atoms with Gasteiger partial charge in [-0.1, -0.05) is 59.6 Å². The van der Waals surface area contributed by atoms with Gasteiger partial charge in [-0.25, -0.2) is 0 Å². The Bertz CT molecular complexity index is 684. The lowest BCUT2D eigenvalue weighted by molar-refractivity contribution is -0.137. The van der Waals surface area contributed by atoms with Gasteiger partial charge in [0, 0.05) is 22.2 Å². The number of rotatable bonds is 5. The van der Waals surface area contributed by atoms with Crippen LogP contribution in [0, 0.1) is 0 Å². The van der Waals surface area contributed by atoms with E-state index in [1.165, 1.54) is 6.26 Å². The highest BCUT2D eigenvalue weighted by atomic mass is 35.5. The predicted octanol–water partition coefficient (Wildman–Crippen LogP) is 4.12. The van der Waals surface area contributed by atoms with E-state index >= 15 is 0 Å². The minimum atomic E-state index is -0.364. The molecule has 5 heteroatoms. The summed E-state index contributed by atoms with van der Waals surface area (Å²) in [5.74, 6) is -0.364. The van der Waals surface area contributed by atoms with Crippen molar-refractivity contribution in [3.8, 4) is 0 Å². The number of ether oxygens (including phenoxy) is 1. The highest BCUT2D eigenvalue weighted by molar-refractivity contribution is 6.35. The van der Waals surface area contributed by atoms with E-state index in [9.17, 15) is 4.79 Å². The Balaban J connectivity index is 1.91. The van der Waals surface area contributed by atoms with E-state index < -0.39 is 0 Å². The average Bonchev–Trinajstić information content (AvgIpc) is 2.49. The fraction of sp³-hybridized carbons (Fsp3) is 0.118. The lowest BCUT2D eigenvalue weighted by Crippen LogP contribution is -2.08. The summed E-state index contributed by atoms with van der Waals surface area (Å²) in [6.07, 6.45) is 1.84. The molecule has 22 heavy (non-hydrogen) atoms. The van der Waals surface area contributed by atoms with Crippen LogP contribution in [-0.2, 0) is 22.4 Å². The number of halogens is 2. The van der Waals surface area contributed by atoms with Gasteiger partial charge in [-0.3, -0.25) is 4.79 Å². The van der Waals surface area contributed by atoms with Crippen LogP contribution in [0.25, 0.3) is 0 Å². The zero-order valence-corrected chi connectivity index (χ0v) is 13.3. The Morgan fingerprint density at radius 3 is 2.50 bits per heavy atom. The molecule has 0 aliphatic rings. The fourth-order valence-corrected chi connectivity index (χ4v) is 2.35. The Kier molecular flexibility index (Phi) is 5.87. The summed E-state index contributed by atoms with van der Waals surface area (Å²) < 4.78 is 5.05. The maximum absolute atomic E-state index is 11.7. The van der Waals surface area contributed by atoms with Crippen molar-refractivity contribution in [1.82, 2.24) is 0 Å². The highest BCUT2D eigenvalue weighted by Crippen LogP contribution is 2.22. The molecular weight excluding hydrogens is 321 g/mol. The molecule has 0 saturated heterocycles. The third-order valence-corrected chi connectivity index (χ3v) is 3.53. The van der Waals surface area contributed by atoms with Crippen molar-refractivity contribution in [1.29, 1.82) is 0 Å². The summed E-state index contributed by atoms with van der Waals surface area (Å²) in [5, 5.41) is 1.09. The Morgan fingerprint density at radius 2 is 1.82 bits per heavy atom. The van der Waals surface area contributed by atoms with Gasteiger partial charge in [0.1, 0.15) is 6.26 Å². The molecule has 114 valence electrons. The first-order valence-corrected chi connectivity index (χ1v) is 7.42. The third-order valence-electron chi connectivity index (χ3n) is 2.94. The van der Waals surface area contributed by atoms with Gasteiger partial charge in [0.15, 0.2) is 0 Å². The van der Waals surface area contributed by atoms with Crippen molar-refractivity contribution < 1.29 is 9.53 Å². The van der Waals surface area contributed by atoms with Gasteiger partial charge in [-0.05, 0) is 23.3 Å². The van der Waals surface area contributed by atoms with Crippen LogP contribution in [0.4, 0.5) is 0 Å². The van der Waals surface area contributed by atoms with Crippen LogP contribution in [0.3, 0.4) is 0 Å². The molecule has 0 atom stereocenters. The first-order chi connectivity index (χ1) is 10.5. The number of benzene rings is 2. The minimum Gasteiger partial charge on any atom is -0.432 e. The normalized spacial score (nSPS) is 11.3. The molecule has 0 unspecified atom stereocenters. The molecule has 0 aromatic heterocycles. The second-order valence-electron chi connectivity index (χ2n) is 4.76. The Labute approximate surface area is 139 Å². The van der Waals surface area contributed by atoms with Crippen molar-refractivity contribution in [2.75, 3.05) is 0 Å². The van der Waals surface area contributed by atoms with Crippen molar-refractivity contribution in [3.05, 3.63) is 81.7 Å². The monoisotopic (exact) mass is 335 g/mol. The van der Waals surface area contributed by atoms with Crippen molar-refractivity contribution in [2.45, 2.75) is 12.8 Å². The summed E-state index contributed by atoms with van der Waals surface area (Å²) in [6, 6.07) is 14.5. The SMILES string of the molecule is N/C(=C\OC(=O)Cc1ccccc1)Cc1ccc(Cl)cc1Cl. The highest BCUT2D eigenvalue weighted by Gasteiger charge is 2.06. The maximum atomic E-state index is 11.7. The third kappa shape index (κ3) is 5.10. The first-order valence-electron chi connectivity index (χ1n) is 6.66. The molecule has 0 fully saturated rings. The van der Waals surface area contributed by atoms with E-state index in [-0.39, 0.29) is 12.4 Å². The second kappa shape index (κ2) is 7.87. The number of allylic oxidation sites excluding steroid dienone is 1. The number of nitrogens with two attached hydrogens (primary N) is 1. The predicted molar refractivity (Wildman–Crippen MR) is 88.7 cm³/mol. The molecule has 2 rings (SSSR count). The fourth-order valence-electron chi connectivity index (χ4n) is 1.87. The molecule has 0 saturated carbocycles. The molecule has 0 aliphatic carbocycles. The Hall–Kier alpha value is -1.97. The number of esters is 1. The van der Waals surface area contributed by atoms with Crippen LogP contribution in [0.5, 0.6) is 0 Å². The van der Waals surface area contributed by atoms with Crippen molar-refractivity contribution >= 4 is 29.2 Å². The van der Waals surface area contributed by atoms with Crippen molar-refractivity contribution in [3.63, 3.8) is 0 Å². The number of carbonyl (C=O) groups is 1. The zero-order valence-electron chi connectivity index (χ0n) is 11.8. The number of carbonyl (C=O) groups excluding carboxylic acids is 1. The number of hydrogen-bond acceptors (Lipinski definition) is 3. The van der Waals surface area contributed by atoms with Crippen LogP contribution in [0.1, 0.15) is 11.1 Å². The molecule has 0 spiro atoms. The topological polar surface area (TPSA) is 52.3 Å². The van der Waals surface area contributed by atoms with Crippen LogP contribution in [0.15, 0.2) is 60.5 Å². The molecule has 2 aromatic rings. The van der Waals surface area contributed by atoms with Crippen LogP contribution in [0.2, 0.25) is 10.0 Å². The van der Waals surface area contributed by atoms with Gasteiger partial charge in [0.05, 0.1) is 6.42 Å². The van der Waals surface area contributed by atoms with Gasteiger partial charge in [0.25, 0.3) is 0 Å². The van der Waals surface area contributed by atoms with Gasteiger partial charge < -0.3 is 10.5 Å². The van der Waals surface area contributed by atoms with Crippen LogP contribution < -0.4 is 5.73 Å². The molecule has 0 heterocycles. The quantitative estimate of drug-likeness (QED) is 0.660. The van der Waals surface area contributed by atoms with Gasteiger partial charge in [-0.2, -0.15) is 0 Å². The van der Waals surface area contributed by atoms with Gasteiger partial charge in [0.2, 0.25) is 0 Å². The van der Waals surface area contributed by atoms with Crippen LogP contribution >= 0.6 is 23.2 Å². The first kappa shape index (κ1) is 16.4. The molecule has 2 N–H and O–H groups in total. The summed E-state index contributed by atoms with van der Waals surface area (Å²) in [5.41, 5.74) is 7.96.